The smallest absolute Gasteiger partial charge is 0.290 e. The van der Waals surface area contributed by atoms with Crippen LogP contribution in [-0.4, -0.2) is 38.9 Å². The van der Waals surface area contributed by atoms with E-state index in [0.717, 1.165) is 5.56 Å². The summed E-state index contributed by atoms with van der Waals surface area (Å²) >= 11 is 12.2. The molecular weight excluding hydrogens is 339 g/mol. The highest BCUT2D eigenvalue weighted by molar-refractivity contribution is 6.42. The topological polar surface area (TPSA) is 80.0 Å². The predicted octanol–water partition coefficient (Wildman–Crippen LogP) is 2.50. The van der Waals surface area contributed by atoms with Crippen LogP contribution in [0.25, 0.3) is 0 Å². The van der Waals surface area contributed by atoms with Gasteiger partial charge in [0.1, 0.15) is 6.33 Å². The number of aliphatic hydroxyl groups excluding tert-OH is 1. The lowest BCUT2D eigenvalue weighted by Gasteiger charge is -2.20. The molecule has 0 saturated carbocycles. The Bertz CT molecular complexity index is 688. The Morgan fingerprint density at radius 3 is 2.83 bits per heavy atom. The number of halogens is 2. The summed E-state index contributed by atoms with van der Waals surface area (Å²) in [7, 11) is 1.51. The zero-order chi connectivity index (χ0) is 17.0. The van der Waals surface area contributed by atoms with Gasteiger partial charge in [0.15, 0.2) is 0 Å². The van der Waals surface area contributed by atoms with Gasteiger partial charge in [-0.2, -0.15) is 0 Å². The third-order valence-corrected chi connectivity index (χ3v) is 4.43. The van der Waals surface area contributed by atoms with Crippen LogP contribution in [0.1, 0.15) is 35.6 Å². The number of aromatic nitrogens is 3. The first kappa shape index (κ1) is 17.7. The van der Waals surface area contributed by atoms with Crippen molar-refractivity contribution < 1.29 is 9.90 Å². The van der Waals surface area contributed by atoms with Gasteiger partial charge in [0.05, 0.1) is 22.2 Å². The number of rotatable bonds is 6. The Morgan fingerprint density at radius 1 is 1.43 bits per heavy atom. The van der Waals surface area contributed by atoms with Crippen molar-refractivity contribution in [3.8, 4) is 0 Å². The summed E-state index contributed by atoms with van der Waals surface area (Å²) in [6.07, 6.45) is 1.98. The fraction of sp³-hybridized carbons (Fsp3) is 0.400. The van der Waals surface area contributed by atoms with E-state index in [1.54, 1.807) is 13.0 Å². The molecule has 2 aromatic rings. The maximum absolute atomic E-state index is 11.5. The lowest BCUT2D eigenvalue weighted by atomic mass is 10.0. The van der Waals surface area contributed by atoms with E-state index < -0.39 is 6.10 Å². The molecule has 23 heavy (non-hydrogen) atoms. The molecule has 1 heterocycles. The Morgan fingerprint density at radius 2 is 2.17 bits per heavy atom. The molecule has 8 heteroatoms. The molecule has 0 saturated heterocycles. The Kier molecular flexibility index (Phi) is 5.98. The molecule has 0 aliphatic heterocycles. The summed E-state index contributed by atoms with van der Waals surface area (Å²) < 4.78 is 1.51. The van der Waals surface area contributed by atoms with Crippen LogP contribution < -0.4 is 5.32 Å². The van der Waals surface area contributed by atoms with E-state index >= 15 is 0 Å². The van der Waals surface area contributed by atoms with E-state index in [9.17, 15) is 9.90 Å². The largest absolute Gasteiger partial charge is 0.391 e. The minimum absolute atomic E-state index is 0.0685. The fourth-order valence-electron chi connectivity index (χ4n) is 2.29. The van der Waals surface area contributed by atoms with Crippen molar-refractivity contribution >= 4 is 29.1 Å². The van der Waals surface area contributed by atoms with Crippen LogP contribution in [0.15, 0.2) is 24.5 Å². The molecule has 0 aliphatic carbocycles. The minimum atomic E-state index is -0.660. The SMILES string of the molecule is CNC(=O)c1ncn(C(CCc2cccc(Cl)c2Cl)C(C)O)n1. The van der Waals surface area contributed by atoms with Crippen molar-refractivity contribution in [3.05, 3.63) is 46.0 Å². The van der Waals surface area contributed by atoms with Crippen LogP contribution in [0.3, 0.4) is 0 Å². The number of amides is 1. The number of aliphatic hydroxyl groups is 1. The Labute approximate surface area is 144 Å². The number of nitrogens with one attached hydrogen (secondary N) is 1. The number of hydrogen-bond acceptors (Lipinski definition) is 4. The van der Waals surface area contributed by atoms with Gasteiger partial charge in [0, 0.05) is 7.05 Å². The van der Waals surface area contributed by atoms with E-state index in [4.69, 9.17) is 23.2 Å². The molecule has 6 nitrogen and oxygen atoms in total. The number of aryl methyl sites for hydroxylation is 1. The predicted molar refractivity (Wildman–Crippen MR) is 88.9 cm³/mol. The van der Waals surface area contributed by atoms with Gasteiger partial charge in [-0.25, -0.2) is 9.67 Å². The molecule has 1 amide bonds. The maximum Gasteiger partial charge on any atom is 0.290 e. The van der Waals surface area contributed by atoms with Crippen molar-refractivity contribution in [3.63, 3.8) is 0 Å². The number of benzene rings is 1. The Balaban J connectivity index is 2.14. The summed E-state index contributed by atoms with van der Waals surface area (Å²) in [6.45, 7) is 1.67. The van der Waals surface area contributed by atoms with Gasteiger partial charge in [0.2, 0.25) is 5.82 Å². The molecule has 1 aromatic carbocycles. The van der Waals surface area contributed by atoms with E-state index in [1.807, 2.05) is 12.1 Å². The summed E-state index contributed by atoms with van der Waals surface area (Å²) in [5.41, 5.74) is 0.899. The van der Waals surface area contributed by atoms with Gasteiger partial charge in [0.25, 0.3) is 5.91 Å². The summed E-state index contributed by atoms with van der Waals surface area (Å²) in [6, 6.07) is 5.13. The quantitative estimate of drug-likeness (QED) is 0.833. The monoisotopic (exact) mass is 356 g/mol. The molecule has 124 valence electrons. The van der Waals surface area contributed by atoms with Gasteiger partial charge in [-0.15, -0.1) is 5.10 Å². The number of hydrogen-bond donors (Lipinski definition) is 2. The van der Waals surface area contributed by atoms with Gasteiger partial charge in [-0.1, -0.05) is 35.3 Å². The molecule has 1 aromatic heterocycles. The van der Waals surface area contributed by atoms with Crippen LogP contribution >= 0.6 is 23.2 Å². The van der Waals surface area contributed by atoms with Gasteiger partial charge >= 0.3 is 0 Å². The van der Waals surface area contributed by atoms with Gasteiger partial charge in [-0.3, -0.25) is 4.79 Å². The van der Waals surface area contributed by atoms with Gasteiger partial charge in [-0.05, 0) is 31.4 Å². The standard InChI is InChI=1S/C15H18Cl2N4O2/c1-9(22)12(21-8-19-14(20-21)15(23)18-2)7-6-10-4-3-5-11(16)13(10)17/h3-5,8-9,12,22H,6-7H2,1-2H3,(H,18,23). The van der Waals surface area contributed by atoms with E-state index in [-0.39, 0.29) is 17.8 Å². The molecule has 2 atom stereocenters. The molecule has 2 rings (SSSR count). The normalized spacial score (nSPS) is 13.6. The highest BCUT2D eigenvalue weighted by Crippen LogP contribution is 2.28. The highest BCUT2D eigenvalue weighted by Gasteiger charge is 2.21. The number of carbonyl (C=O) groups excluding carboxylic acids is 1. The fourth-order valence-corrected chi connectivity index (χ4v) is 2.70. The molecule has 0 bridgehead atoms. The minimum Gasteiger partial charge on any atom is -0.391 e. The third kappa shape index (κ3) is 4.22. The van der Waals surface area contributed by atoms with E-state index in [2.05, 4.69) is 15.4 Å². The van der Waals surface area contributed by atoms with Crippen molar-refractivity contribution in [2.45, 2.75) is 31.9 Å². The second-order valence-corrected chi connectivity index (χ2v) is 5.97. The first-order chi connectivity index (χ1) is 10.9. The second-order valence-electron chi connectivity index (χ2n) is 5.19. The van der Waals surface area contributed by atoms with Crippen LogP contribution in [0, 0.1) is 0 Å². The second kappa shape index (κ2) is 7.77. The number of nitrogens with zero attached hydrogens (tertiary/aromatic N) is 3. The maximum atomic E-state index is 11.5. The van der Waals surface area contributed by atoms with Crippen molar-refractivity contribution in [1.29, 1.82) is 0 Å². The van der Waals surface area contributed by atoms with Crippen LogP contribution in [0.4, 0.5) is 0 Å². The lowest BCUT2D eigenvalue weighted by molar-refractivity contribution is 0.0946. The summed E-state index contributed by atoms with van der Waals surface area (Å²) in [5.74, 6) is -0.301. The molecule has 0 fully saturated rings. The van der Waals surface area contributed by atoms with Crippen molar-refractivity contribution in [2.75, 3.05) is 7.05 Å². The molecule has 2 unspecified atom stereocenters. The number of carbonyl (C=O) groups is 1. The van der Waals surface area contributed by atoms with Crippen molar-refractivity contribution in [2.24, 2.45) is 0 Å². The average Bonchev–Trinajstić information content (AvgIpc) is 3.00. The summed E-state index contributed by atoms with van der Waals surface area (Å²) in [5, 5.41) is 17.6. The van der Waals surface area contributed by atoms with Crippen LogP contribution in [0.5, 0.6) is 0 Å². The third-order valence-electron chi connectivity index (χ3n) is 3.58. The molecule has 0 aliphatic rings. The lowest BCUT2D eigenvalue weighted by Crippen LogP contribution is -2.24. The van der Waals surface area contributed by atoms with E-state index in [0.29, 0.717) is 22.9 Å². The Hall–Kier alpha value is -1.63. The highest BCUT2D eigenvalue weighted by atomic mass is 35.5. The first-order valence-electron chi connectivity index (χ1n) is 7.18. The van der Waals surface area contributed by atoms with Crippen LogP contribution in [0.2, 0.25) is 10.0 Å². The average molecular weight is 357 g/mol. The summed E-state index contributed by atoms with van der Waals surface area (Å²) in [4.78, 5) is 15.5. The van der Waals surface area contributed by atoms with Crippen LogP contribution in [-0.2, 0) is 6.42 Å². The molecule has 0 spiro atoms. The molecule has 0 radical (unpaired) electrons. The molecule has 2 N–H and O–H groups in total. The van der Waals surface area contributed by atoms with Crippen molar-refractivity contribution in [1.82, 2.24) is 20.1 Å². The first-order valence-corrected chi connectivity index (χ1v) is 7.93. The van der Waals surface area contributed by atoms with Gasteiger partial charge < -0.3 is 10.4 Å². The van der Waals surface area contributed by atoms with E-state index in [1.165, 1.54) is 18.1 Å². The zero-order valence-corrected chi connectivity index (χ0v) is 14.3. The molecular formula is C15H18Cl2N4O2. The zero-order valence-electron chi connectivity index (χ0n) is 12.8.